The van der Waals surface area contributed by atoms with E-state index in [1.54, 1.807) is 4.90 Å². The second kappa shape index (κ2) is 7.40. The number of hydrogen-bond donors (Lipinski definition) is 1. The maximum Gasteiger partial charge on any atom is 0.274 e. The number of nitrogens with one attached hydrogen (secondary N) is 1. The van der Waals surface area contributed by atoms with Gasteiger partial charge in [0.1, 0.15) is 17.5 Å². The molecule has 0 spiro atoms. The molecule has 0 saturated carbocycles. The minimum absolute atomic E-state index is 0.0265. The lowest BCUT2D eigenvalue weighted by Gasteiger charge is -2.34. The predicted molar refractivity (Wildman–Crippen MR) is 101 cm³/mol. The average molecular weight is 394 g/mol. The van der Waals surface area contributed by atoms with Crippen LogP contribution in [0.2, 0.25) is 5.02 Å². The average Bonchev–Trinajstić information content (AvgIpc) is 3.06. The number of nitrogens with zero attached hydrogens (tertiary/aromatic N) is 2. The lowest BCUT2D eigenvalue weighted by molar-refractivity contribution is -0.144. The van der Waals surface area contributed by atoms with Gasteiger partial charge in [0.15, 0.2) is 0 Å². The first-order valence-corrected chi connectivity index (χ1v) is 10.1. The summed E-state index contributed by atoms with van der Waals surface area (Å²) >= 11 is 7.65. The van der Waals surface area contributed by atoms with Crippen LogP contribution >= 0.6 is 22.9 Å². The second-order valence-corrected chi connectivity index (χ2v) is 8.10. The number of rotatable bonds is 3. The Morgan fingerprint density at radius 3 is 2.85 bits per heavy atom. The van der Waals surface area contributed by atoms with Gasteiger partial charge in [0.25, 0.3) is 5.19 Å². The number of halogens is 1. The number of ether oxygens (including phenoxy) is 1. The van der Waals surface area contributed by atoms with Crippen LogP contribution in [0.25, 0.3) is 10.2 Å². The smallest absolute Gasteiger partial charge is 0.274 e. The van der Waals surface area contributed by atoms with Crippen LogP contribution in [-0.2, 0) is 9.59 Å². The van der Waals surface area contributed by atoms with Gasteiger partial charge in [0.2, 0.25) is 11.8 Å². The molecular weight excluding hydrogens is 374 g/mol. The molecule has 26 heavy (non-hydrogen) atoms. The number of para-hydroxylation sites is 1. The van der Waals surface area contributed by atoms with Crippen molar-refractivity contribution in [2.45, 2.75) is 31.8 Å². The van der Waals surface area contributed by atoms with Crippen LogP contribution in [0, 0.1) is 5.92 Å². The van der Waals surface area contributed by atoms with E-state index >= 15 is 0 Å². The molecule has 1 atom stereocenters. The van der Waals surface area contributed by atoms with Gasteiger partial charge in [-0.15, -0.1) is 0 Å². The van der Waals surface area contributed by atoms with E-state index in [2.05, 4.69) is 10.3 Å². The maximum absolute atomic E-state index is 12.6. The summed E-state index contributed by atoms with van der Waals surface area (Å²) < 4.78 is 7.02. The summed E-state index contributed by atoms with van der Waals surface area (Å²) in [6.45, 7) is 1.89. The lowest BCUT2D eigenvalue weighted by atomic mass is 9.95. The highest BCUT2D eigenvalue weighted by molar-refractivity contribution is 7.20. The minimum Gasteiger partial charge on any atom is -0.467 e. The van der Waals surface area contributed by atoms with Gasteiger partial charge >= 0.3 is 0 Å². The van der Waals surface area contributed by atoms with E-state index in [0.29, 0.717) is 36.3 Å². The van der Waals surface area contributed by atoms with Crippen LogP contribution in [0.4, 0.5) is 0 Å². The molecule has 4 rings (SSSR count). The molecule has 1 N–H and O–H groups in total. The first-order valence-electron chi connectivity index (χ1n) is 8.90. The fraction of sp³-hybridized carbons (Fsp3) is 0.500. The molecule has 2 aromatic rings. The van der Waals surface area contributed by atoms with Crippen LogP contribution < -0.4 is 10.1 Å². The maximum atomic E-state index is 12.6. The van der Waals surface area contributed by atoms with Crippen LogP contribution in [-0.4, -0.2) is 47.4 Å². The summed E-state index contributed by atoms with van der Waals surface area (Å²) in [7, 11) is 0. The number of piperidine rings is 2. The quantitative estimate of drug-likeness (QED) is 0.814. The molecule has 1 aromatic carbocycles. The number of likely N-dealkylation sites (tertiary alicyclic amines) is 1. The van der Waals surface area contributed by atoms with Crippen molar-refractivity contribution in [3.63, 3.8) is 0 Å². The normalized spacial score (nSPS) is 21.7. The van der Waals surface area contributed by atoms with Gasteiger partial charge in [-0.3, -0.25) is 9.59 Å². The highest BCUT2D eigenvalue weighted by Gasteiger charge is 2.34. The first kappa shape index (κ1) is 17.5. The monoisotopic (exact) mass is 393 g/mol. The van der Waals surface area contributed by atoms with E-state index in [4.69, 9.17) is 16.3 Å². The van der Waals surface area contributed by atoms with Crippen LogP contribution in [0.15, 0.2) is 18.2 Å². The van der Waals surface area contributed by atoms with Gasteiger partial charge < -0.3 is 15.0 Å². The van der Waals surface area contributed by atoms with Crippen molar-refractivity contribution in [1.29, 1.82) is 0 Å². The summed E-state index contributed by atoms with van der Waals surface area (Å²) in [5.41, 5.74) is 0.769. The predicted octanol–water partition coefficient (Wildman–Crippen LogP) is 2.85. The number of carbonyl (C=O) groups excluding carboxylic acids is 2. The van der Waals surface area contributed by atoms with Crippen molar-refractivity contribution < 1.29 is 14.3 Å². The number of carbonyl (C=O) groups is 2. The molecule has 0 aliphatic carbocycles. The summed E-state index contributed by atoms with van der Waals surface area (Å²) in [4.78, 5) is 30.7. The third-order valence-electron chi connectivity index (χ3n) is 4.95. The fourth-order valence-corrected chi connectivity index (χ4v) is 4.69. The van der Waals surface area contributed by atoms with E-state index in [0.717, 1.165) is 29.5 Å². The molecule has 0 bridgehead atoms. The van der Waals surface area contributed by atoms with E-state index in [9.17, 15) is 9.59 Å². The summed E-state index contributed by atoms with van der Waals surface area (Å²) in [6, 6.07) is 5.69. The highest BCUT2D eigenvalue weighted by atomic mass is 35.5. The molecule has 0 radical (unpaired) electrons. The summed E-state index contributed by atoms with van der Waals surface area (Å²) in [5.74, 6) is -0.703. The van der Waals surface area contributed by atoms with Gasteiger partial charge in [-0.05, 0) is 25.0 Å². The van der Waals surface area contributed by atoms with Crippen LogP contribution in [0.3, 0.4) is 0 Å². The zero-order chi connectivity index (χ0) is 18.1. The number of benzene rings is 1. The zero-order valence-corrected chi connectivity index (χ0v) is 15.8. The highest BCUT2D eigenvalue weighted by Crippen LogP contribution is 2.33. The van der Waals surface area contributed by atoms with Crippen molar-refractivity contribution in [3.8, 4) is 5.19 Å². The van der Waals surface area contributed by atoms with E-state index in [-0.39, 0.29) is 17.9 Å². The molecule has 2 aliphatic rings. The van der Waals surface area contributed by atoms with Crippen molar-refractivity contribution in [1.82, 2.24) is 15.2 Å². The second-order valence-electron chi connectivity index (χ2n) is 6.69. The van der Waals surface area contributed by atoms with E-state index in [1.807, 2.05) is 18.2 Å². The fourth-order valence-electron chi connectivity index (χ4n) is 3.51. The topological polar surface area (TPSA) is 71.5 Å². The Kier molecular flexibility index (Phi) is 5.00. The molecule has 1 unspecified atom stereocenters. The molecule has 2 aliphatic heterocycles. The lowest BCUT2D eigenvalue weighted by Crippen LogP contribution is -2.49. The van der Waals surface area contributed by atoms with Gasteiger partial charge in [-0.25, -0.2) is 4.98 Å². The Balaban J connectivity index is 1.35. The number of aromatic nitrogens is 1. The van der Waals surface area contributed by atoms with Gasteiger partial charge in [-0.1, -0.05) is 29.0 Å². The Bertz CT molecular complexity index is 832. The molecular formula is C18H20ClN3O3S. The molecule has 3 heterocycles. The molecule has 2 fully saturated rings. The van der Waals surface area contributed by atoms with Crippen molar-refractivity contribution in [3.05, 3.63) is 23.2 Å². The van der Waals surface area contributed by atoms with Gasteiger partial charge in [0.05, 0.1) is 9.72 Å². The van der Waals surface area contributed by atoms with Crippen molar-refractivity contribution in [2.75, 3.05) is 19.6 Å². The molecule has 1 aromatic heterocycles. The largest absolute Gasteiger partial charge is 0.467 e. The zero-order valence-electron chi connectivity index (χ0n) is 14.2. The van der Waals surface area contributed by atoms with Gasteiger partial charge in [0, 0.05) is 32.5 Å². The molecule has 8 heteroatoms. The number of amides is 2. The Hall–Kier alpha value is -1.86. The minimum atomic E-state index is -0.521. The SMILES string of the molecule is O=C1NCCCC1C(=O)N1CCC(Oc2nc3c(Cl)cccc3s2)CC1. The van der Waals surface area contributed by atoms with E-state index in [1.165, 1.54) is 11.3 Å². The Morgan fingerprint density at radius 2 is 2.12 bits per heavy atom. The number of thiazole rings is 1. The van der Waals surface area contributed by atoms with E-state index < -0.39 is 5.92 Å². The first-order chi connectivity index (χ1) is 12.6. The molecule has 138 valence electrons. The third-order valence-corrected chi connectivity index (χ3v) is 6.17. The van der Waals surface area contributed by atoms with Gasteiger partial charge in [-0.2, -0.15) is 0 Å². The van der Waals surface area contributed by atoms with Crippen LogP contribution in [0.5, 0.6) is 5.19 Å². The number of fused-ring (bicyclic) bond motifs is 1. The standard InChI is InChI=1S/C18H20ClN3O3S/c19-13-4-1-5-14-15(13)21-18(26-14)25-11-6-9-22(10-7-11)17(24)12-3-2-8-20-16(12)23/h1,4-5,11-12H,2-3,6-10H2,(H,20,23). The Morgan fingerprint density at radius 1 is 1.31 bits per heavy atom. The summed E-state index contributed by atoms with van der Waals surface area (Å²) in [5, 5.41) is 4.02. The number of hydrogen-bond acceptors (Lipinski definition) is 5. The van der Waals surface area contributed by atoms with Crippen molar-refractivity contribution in [2.24, 2.45) is 5.92 Å². The van der Waals surface area contributed by atoms with Crippen LogP contribution in [0.1, 0.15) is 25.7 Å². The molecule has 2 saturated heterocycles. The molecule has 6 nitrogen and oxygen atoms in total. The third kappa shape index (κ3) is 3.50. The summed E-state index contributed by atoms with van der Waals surface area (Å²) in [6.07, 6.45) is 3.02. The Labute approximate surface area is 160 Å². The van der Waals surface area contributed by atoms with Crippen molar-refractivity contribution >= 4 is 45.0 Å². The molecule has 2 amide bonds.